The van der Waals surface area contributed by atoms with E-state index < -0.39 is 10.0 Å². The number of pyridine rings is 1. The van der Waals surface area contributed by atoms with E-state index in [2.05, 4.69) is 44.4 Å². The van der Waals surface area contributed by atoms with Crippen molar-refractivity contribution in [3.05, 3.63) is 101 Å². The van der Waals surface area contributed by atoms with Crippen LogP contribution in [0.1, 0.15) is 40.3 Å². The number of anilines is 2. The Bertz CT molecular complexity index is 1630. The van der Waals surface area contributed by atoms with E-state index in [4.69, 9.17) is 17.0 Å². The Morgan fingerprint density at radius 3 is 2.33 bits per heavy atom. The van der Waals surface area contributed by atoms with Gasteiger partial charge >= 0.3 is 0 Å². The van der Waals surface area contributed by atoms with Crippen molar-refractivity contribution in [3.8, 4) is 11.4 Å². The third-order valence-electron chi connectivity index (χ3n) is 7.00. The summed E-state index contributed by atoms with van der Waals surface area (Å²) in [5.41, 5.74) is 7.41. The van der Waals surface area contributed by atoms with E-state index in [0.717, 1.165) is 51.6 Å². The number of aryl methyl sites for hydroxylation is 2. The summed E-state index contributed by atoms with van der Waals surface area (Å²) in [6, 6.07) is 21.3. The molecule has 1 aliphatic rings. The van der Waals surface area contributed by atoms with Gasteiger partial charge in [-0.1, -0.05) is 6.07 Å². The van der Waals surface area contributed by atoms with E-state index in [9.17, 15) is 8.42 Å². The van der Waals surface area contributed by atoms with E-state index in [0.29, 0.717) is 10.8 Å². The molecule has 1 aliphatic heterocycles. The van der Waals surface area contributed by atoms with Crippen LogP contribution in [-0.4, -0.2) is 36.4 Å². The molecule has 0 radical (unpaired) electrons. The van der Waals surface area contributed by atoms with Crippen LogP contribution < -0.4 is 19.7 Å². The molecule has 10 heteroatoms. The Morgan fingerprint density at radius 1 is 1.00 bits per heavy atom. The molecule has 8 nitrogen and oxygen atoms in total. The summed E-state index contributed by atoms with van der Waals surface area (Å²) >= 11 is 5.90. The third-order valence-corrected chi connectivity index (χ3v) is 7.91. The van der Waals surface area contributed by atoms with E-state index in [1.54, 1.807) is 19.4 Å². The Morgan fingerprint density at radius 2 is 1.72 bits per heavy atom. The normalized spacial score (nSPS) is 17.3. The lowest BCUT2D eigenvalue weighted by atomic mass is 9.96. The number of methoxy groups -OCH3 is 1. The smallest absolute Gasteiger partial charge is 0.229 e. The van der Waals surface area contributed by atoms with Gasteiger partial charge in [-0.2, -0.15) is 0 Å². The Labute approximate surface area is 234 Å². The van der Waals surface area contributed by atoms with Crippen molar-refractivity contribution in [2.45, 2.75) is 32.9 Å². The molecule has 1 fully saturated rings. The molecule has 39 heavy (non-hydrogen) atoms. The zero-order chi connectivity index (χ0) is 27.9. The second-order valence-corrected chi connectivity index (χ2v) is 11.9. The lowest BCUT2D eigenvalue weighted by Gasteiger charge is -2.29. The second-order valence-electron chi connectivity index (χ2n) is 9.73. The van der Waals surface area contributed by atoms with Crippen molar-refractivity contribution in [2.24, 2.45) is 0 Å². The molecule has 0 saturated carbocycles. The van der Waals surface area contributed by atoms with Crippen molar-refractivity contribution < 1.29 is 13.2 Å². The summed E-state index contributed by atoms with van der Waals surface area (Å²) in [5.74, 6) is 0.803. The standard InChI is InChI=1S/C29H31N5O3S2/c1-18-16-22(11-14-25(18)32-39(5,35)36)34-28(27(31-29(34)38)26-8-6-7-15-30-26)24-17-19(2)33(20(24)3)21-9-12-23(37-4)13-10-21/h6-17,27-28,32H,1-5H3,(H,31,38). The van der Waals surface area contributed by atoms with Gasteiger partial charge in [0.05, 0.1) is 36.8 Å². The monoisotopic (exact) mass is 561 g/mol. The van der Waals surface area contributed by atoms with Crippen LogP contribution >= 0.6 is 12.2 Å². The highest BCUT2D eigenvalue weighted by atomic mass is 32.2. The van der Waals surface area contributed by atoms with Crippen molar-refractivity contribution in [2.75, 3.05) is 23.0 Å². The van der Waals surface area contributed by atoms with Crippen LogP contribution in [0.2, 0.25) is 0 Å². The van der Waals surface area contributed by atoms with Gasteiger partial charge in [0.25, 0.3) is 0 Å². The average molecular weight is 562 g/mol. The molecule has 0 amide bonds. The van der Waals surface area contributed by atoms with E-state index in [1.165, 1.54) is 0 Å². The van der Waals surface area contributed by atoms with E-state index >= 15 is 0 Å². The molecule has 202 valence electrons. The summed E-state index contributed by atoms with van der Waals surface area (Å²) in [5, 5.41) is 4.08. The summed E-state index contributed by atoms with van der Waals surface area (Å²) < 4.78 is 33.8. The van der Waals surface area contributed by atoms with Crippen LogP contribution in [0.15, 0.2) is 72.9 Å². The van der Waals surface area contributed by atoms with Gasteiger partial charge < -0.3 is 19.5 Å². The molecule has 0 aliphatic carbocycles. The summed E-state index contributed by atoms with van der Waals surface area (Å²) in [6.07, 6.45) is 2.93. The number of sulfonamides is 1. The fourth-order valence-corrected chi connectivity index (χ4v) is 6.25. The van der Waals surface area contributed by atoms with Crippen LogP contribution in [-0.2, 0) is 10.0 Å². The number of ether oxygens (including phenoxy) is 1. The molecule has 4 aromatic rings. The number of hydrogen-bond donors (Lipinski definition) is 2. The highest BCUT2D eigenvalue weighted by Gasteiger charge is 2.42. The summed E-state index contributed by atoms with van der Waals surface area (Å²) in [4.78, 5) is 6.76. The summed E-state index contributed by atoms with van der Waals surface area (Å²) in [6.45, 7) is 6.09. The largest absolute Gasteiger partial charge is 0.497 e. The van der Waals surface area contributed by atoms with Crippen molar-refractivity contribution >= 4 is 38.7 Å². The predicted molar refractivity (Wildman–Crippen MR) is 159 cm³/mol. The number of benzene rings is 2. The van der Waals surface area contributed by atoms with Gasteiger partial charge in [0, 0.05) is 29.0 Å². The van der Waals surface area contributed by atoms with Crippen molar-refractivity contribution in [1.82, 2.24) is 14.9 Å². The van der Waals surface area contributed by atoms with Crippen LogP contribution in [0, 0.1) is 20.8 Å². The molecule has 2 N–H and O–H groups in total. The zero-order valence-corrected chi connectivity index (χ0v) is 24.1. The molecule has 5 rings (SSSR count). The van der Waals surface area contributed by atoms with Gasteiger partial charge in [-0.15, -0.1) is 0 Å². The van der Waals surface area contributed by atoms with Crippen LogP contribution in [0.25, 0.3) is 5.69 Å². The minimum Gasteiger partial charge on any atom is -0.497 e. The molecule has 0 bridgehead atoms. The maximum atomic E-state index is 11.8. The molecule has 2 unspecified atom stereocenters. The molecule has 2 atom stereocenters. The lowest BCUT2D eigenvalue weighted by Crippen LogP contribution is -2.29. The lowest BCUT2D eigenvalue weighted by molar-refractivity contribution is 0.414. The molecular weight excluding hydrogens is 530 g/mol. The minimum absolute atomic E-state index is 0.196. The Hall–Kier alpha value is -3.89. The number of aromatic nitrogens is 2. The number of hydrogen-bond acceptors (Lipinski definition) is 5. The first-order valence-electron chi connectivity index (χ1n) is 12.5. The van der Waals surface area contributed by atoms with Gasteiger partial charge in [0.15, 0.2) is 5.11 Å². The topological polar surface area (TPSA) is 88.5 Å². The Kier molecular flexibility index (Phi) is 7.09. The SMILES string of the molecule is COc1ccc(-n2c(C)cc(C3C(c4ccccn4)NC(=S)N3c3ccc(NS(C)(=O)=O)c(C)c3)c2C)cc1. The minimum atomic E-state index is -3.40. The zero-order valence-electron chi connectivity index (χ0n) is 22.5. The molecular formula is C29H31N5O3S2. The number of rotatable bonds is 7. The van der Waals surface area contributed by atoms with Crippen molar-refractivity contribution in [3.63, 3.8) is 0 Å². The molecule has 0 spiro atoms. The molecule has 3 heterocycles. The predicted octanol–water partition coefficient (Wildman–Crippen LogP) is 5.35. The highest BCUT2D eigenvalue weighted by molar-refractivity contribution is 7.92. The first-order chi connectivity index (χ1) is 18.6. The van der Waals surface area contributed by atoms with Crippen LogP contribution in [0.5, 0.6) is 5.75 Å². The van der Waals surface area contributed by atoms with Gasteiger partial charge in [-0.3, -0.25) is 9.71 Å². The summed E-state index contributed by atoms with van der Waals surface area (Å²) in [7, 11) is -1.74. The van der Waals surface area contributed by atoms with Crippen molar-refractivity contribution in [1.29, 1.82) is 0 Å². The fourth-order valence-electron chi connectivity index (χ4n) is 5.28. The first-order valence-corrected chi connectivity index (χ1v) is 14.8. The van der Waals surface area contributed by atoms with Crippen LogP contribution in [0.4, 0.5) is 11.4 Å². The molecule has 1 saturated heterocycles. The maximum absolute atomic E-state index is 11.8. The van der Waals surface area contributed by atoms with Crippen LogP contribution in [0.3, 0.4) is 0 Å². The maximum Gasteiger partial charge on any atom is 0.229 e. The molecule has 2 aromatic carbocycles. The number of nitrogens with zero attached hydrogens (tertiary/aromatic N) is 3. The first kappa shape index (κ1) is 26.7. The Balaban J connectivity index is 1.63. The van der Waals surface area contributed by atoms with E-state index in [-0.39, 0.29) is 12.1 Å². The highest BCUT2D eigenvalue weighted by Crippen LogP contribution is 2.44. The van der Waals surface area contributed by atoms with Gasteiger partial charge in [0.2, 0.25) is 10.0 Å². The second kappa shape index (κ2) is 10.3. The number of thiocarbonyl (C=S) groups is 1. The quantitative estimate of drug-likeness (QED) is 0.294. The molecule has 2 aromatic heterocycles. The third kappa shape index (κ3) is 5.22. The van der Waals surface area contributed by atoms with Gasteiger partial charge in [-0.05, 0) is 105 Å². The fraction of sp³-hybridized carbons (Fsp3) is 0.241. The average Bonchev–Trinajstić information content (AvgIpc) is 3.40. The number of nitrogens with one attached hydrogen (secondary N) is 2. The van der Waals surface area contributed by atoms with Gasteiger partial charge in [0.1, 0.15) is 5.75 Å². The van der Waals surface area contributed by atoms with Gasteiger partial charge in [-0.25, -0.2) is 8.42 Å². The van der Waals surface area contributed by atoms with E-state index in [1.807, 2.05) is 61.5 Å².